The summed E-state index contributed by atoms with van der Waals surface area (Å²) >= 11 is 0. The maximum atomic E-state index is 12.3. The zero-order chi connectivity index (χ0) is 24.3. The SMILES string of the molecule is CC(=NNC(=O)c1ccc(NN=C(C)c2ccncc2)cc1)c1ccncc1.O=S(=O)(O)O. The number of carbonyl (C=O) groups excluding carboxylic acids is 1. The highest BCUT2D eigenvalue weighted by Gasteiger charge is 2.05. The number of pyridine rings is 2. The van der Waals surface area contributed by atoms with Crippen LogP contribution in [-0.2, 0) is 10.4 Å². The second-order valence-electron chi connectivity index (χ2n) is 6.44. The van der Waals surface area contributed by atoms with Crippen molar-refractivity contribution in [2.45, 2.75) is 13.8 Å². The highest BCUT2D eigenvalue weighted by molar-refractivity contribution is 7.79. The molecule has 0 radical (unpaired) electrons. The Kier molecular flexibility index (Phi) is 9.30. The van der Waals surface area contributed by atoms with Gasteiger partial charge in [0.25, 0.3) is 5.91 Å². The minimum atomic E-state index is -4.67. The smallest absolute Gasteiger partial charge is 0.278 e. The van der Waals surface area contributed by atoms with E-state index in [9.17, 15) is 4.79 Å². The van der Waals surface area contributed by atoms with Crippen LogP contribution >= 0.6 is 0 Å². The first-order chi connectivity index (χ1) is 15.6. The van der Waals surface area contributed by atoms with Crippen LogP contribution < -0.4 is 10.9 Å². The predicted octanol–water partition coefficient (Wildman–Crippen LogP) is 2.81. The quantitative estimate of drug-likeness (QED) is 0.242. The molecule has 12 heteroatoms. The van der Waals surface area contributed by atoms with Crippen LogP contribution in [0.2, 0.25) is 0 Å². The number of carbonyl (C=O) groups is 1. The van der Waals surface area contributed by atoms with Gasteiger partial charge in [-0.3, -0.25) is 29.3 Å². The van der Waals surface area contributed by atoms with Crippen LogP contribution in [0.1, 0.15) is 35.3 Å². The second kappa shape index (κ2) is 12.1. The molecule has 2 heterocycles. The van der Waals surface area contributed by atoms with Gasteiger partial charge in [-0.1, -0.05) is 0 Å². The number of aromatic nitrogens is 2. The molecule has 1 amide bonds. The Labute approximate surface area is 190 Å². The van der Waals surface area contributed by atoms with Crippen LogP contribution in [0.4, 0.5) is 5.69 Å². The van der Waals surface area contributed by atoms with Crippen LogP contribution in [0.25, 0.3) is 0 Å². The van der Waals surface area contributed by atoms with Gasteiger partial charge in [-0.2, -0.15) is 18.6 Å². The third kappa shape index (κ3) is 9.78. The number of anilines is 1. The lowest BCUT2D eigenvalue weighted by atomic mass is 10.2. The molecule has 1 aromatic carbocycles. The molecule has 3 rings (SSSR count). The summed E-state index contributed by atoms with van der Waals surface area (Å²) in [5.41, 5.74) is 10.3. The number of hydrogen-bond donors (Lipinski definition) is 4. The third-order valence-corrected chi connectivity index (χ3v) is 4.02. The summed E-state index contributed by atoms with van der Waals surface area (Å²) in [6, 6.07) is 14.5. The van der Waals surface area contributed by atoms with Gasteiger partial charge in [0.05, 0.1) is 17.1 Å². The van der Waals surface area contributed by atoms with E-state index < -0.39 is 10.4 Å². The van der Waals surface area contributed by atoms with E-state index in [0.717, 1.165) is 22.5 Å². The Balaban J connectivity index is 0.000000696. The van der Waals surface area contributed by atoms with Gasteiger partial charge in [0, 0.05) is 41.5 Å². The maximum Gasteiger partial charge on any atom is 0.394 e. The van der Waals surface area contributed by atoms with Crippen LogP contribution in [-0.4, -0.2) is 44.8 Å². The van der Waals surface area contributed by atoms with Gasteiger partial charge in [0.2, 0.25) is 0 Å². The van der Waals surface area contributed by atoms with Crippen molar-refractivity contribution in [3.05, 3.63) is 90.0 Å². The van der Waals surface area contributed by atoms with E-state index >= 15 is 0 Å². The first kappa shape index (κ1) is 25.3. The largest absolute Gasteiger partial charge is 0.394 e. The van der Waals surface area contributed by atoms with E-state index in [2.05, 4.69) is 31.0 Å². The molecule has 0 atom stereocenters. The van der Waals surface area contributed by atoms with Gasteiger partial charge in [0.15, 0.2) is 0 Å². The lowest BCUT2D eigenvalue weighted by Gasteiger charge is -2.05. The molecule has 33 heavy (non-hydrogen) atoms. The molecule has 2 aromatic heterocycles. The summed E-state index contributed by atoms with van der Waals surface area (Å²) < 4.78 is 31.6. The Morgan fingerprint density at radius 2 is 1.18 bits per heavy atom. The number of hydrazone groups is 2. The fraction of sp³-hybridized carbons (Fsp3) is 0.0952. The molecule has 4 N–H and O–H groups in total. The van der Waals surface area contributed by atoms with E-state index in [0.29, 0.717) is 11.3 Å². The summed E-state index contributed by atoms with van der Waals surface area (Å²) in [5.74, 6) is -0.281. The minimum Gasteiger partial charge on any atom is -0.278 e. The van der Waals surface area contributed by atoms with Crippen molar-refractivity contribution in [3.8, 4) is 0 Å². The van der Waals surface area contributed by atoms with Gasteiger partial charge < -0.3 is 0 Å². The maximum absolute atomic E-state index is 12.3. The molecule has 0 saturated heterocycles. The van der Waals surface area contributed by atoms with Gasteiger partial charge in [-0.25, -0.2) is 5.43 Å². The van der Waals surface area contributed by atoms with Gasteiger partial charge in [0.1, 0.15) is 0 Å². The van der Waals surface area contributed by atoms with Crippen LogP contribution in [0.5, 0.6) is 0 Å². The van der Waals surface area contributed by atoms with E-state index in [4.69, 9.17) is 17.5 Å². The summed E-state index contributed by atoms with van der Waals surface area (Å²) in [6.45, 7) is 3.74. The molecular weight excluding hydrogens is 448 g/mol. The fourth-order valence-electron chi connectivity index (χ4n) is 2.36. The van der Waals surface area contributed by atoms with E-state index in [1.54, 1.807) is 49.1 Å². The van der Waals surface area contributed by atoms with Gasteiger partial charge in [-0.05, 0) is 62.4 Å². The monoisotopic (exact) mass is 470 g/mol. The van der Waals surface area contributed by atoms with Crippen LogP contribution in [0.3, 0.4) is 0 Å². The summed E-state index contributed by atoms with van der Waals surface area (Å²) in [6.07, 6.45) is 6.81. The van der Waals surface area contributed by atoms with Crippen molar-refractivity contribution in [2.75, 3.05) is 5.43 Å². The van der Waals surface area contributed by atoms with Crippen molar-refractivity contribution in [3.63, 3.8) is 0 Å². The molecule has 0 unspecified atom stereocenters. The normalized spacial score (nSPS) is 11.8. The first-order valence-electron chi connectivity index (χ1n) is 9.39. The van der Waals surface area contributed by atoms with E-state index in [1.807, 2.05) is 38.1 Å². The standard InChI is InChI=1S/C21H20N6O.H2O4S/c1-15(17-7-11-22-12-8-17)24-26-20-5-3-19(4-6-20)21(28)27-25-16(2)18-9-13-23-14-10-18;1-5(2,3)4/h3-14,26H,1-2H3,(H,27,28);(H2,1,2,3,4). The first-order valence-corrected chi connectivity index (χ1v) is 10.8. The van der Waals surface area contributed by atoms with Crippen molar-refractivity contribution in [2.24, 2.45) is 10.2 Å². The molecule has 3 aromatic rings. The average molecular weight is 471 g/mol. The number of benzene rings is 1. The molecule has 0 aliphatic rings. The lowest BCUT2D eigenvalue weighted by molar-refractivity contribution is 0.0955. The van der Waals surface area contributed by atoms with Crippen molar-refractivity contribution in [1.29, 1.82) is 0 Å². The number of nitrogens with zero attached hydrogens (tertiary/aromatic N) is 4. The Bertz CT molecular complexity index is 1210. The Hall–Kier alpha value is -4.00. The highest BCUT2D eigenvalue weighted by atomic mass is 32.3. The van der Waals surface area contributed by atoms with E-state index in [-0.39, 0.29) is 5.91 Å². The van der Waals surface area contributed by atoms with Crippen molar-refractivity contribution in [1.82, 2.24) is 15.4 Å². The predicted molar refractivity (Wildman–Crippen MR) is 125 cm³/mol. The number of rotatable bonds is 6. The average Bonchev–Trinajstić information content (AvgIpc) is 2.81. The summed E-state index contributed by atoms with van der Waals surface area (Å²) in [7, 11) is -4.67. The fourth-order valence-corrected chi connectivity index (χ4v) is 2.36. The summed E-state index contributed by atoms with van der Waals surface area (Å²) in [5, 5.41) is 8.48. The highest BCUT2D eigenvalue weighted by Crippen LogP contribution is 2.10. The number of nitrogens with one attached hydrogen (secondary N) is 2. The third-order valence-electron chi connectivity index (χ3n) is 4.02. The Morgan fingerprint density at radius 3 is 1.64 bits per heavy atom. The summed E-state index contributed by atoms with van der Waals surface area (Å²) in [4.78, 5) is 20.2. The van der Waals surface area contributed by atoms with Crippen LogP contribution in [0.15, 0.2) is 83.5 Å². The molecule has 0 aliphatic heterocycles. The van der Waals surface area contributed by atoms with Crippen LogP contribution in [0, 0.1) is 0 Å². The zero-order valence-corrected chi connectivity index (χ0v) is 18.6. The lowest BCUT2D eigenvalue weighted by Crippen LogP contribution is -2.19. The molecule has 0 aliphatic carbocycles. The van der Waals surface area contributed by atoms with Crippen molar-refractivity contribution >= 4 is 33.4 Å². The van der Waals surface area contributed by atoms with E-state index in [1.165, 1.54) is 0 Å². The Morgan fingerprint density at radius 1 is 0.758 bits per heavy atom. The minimum absolute atomic E-state index is 0.281. The molecule has 11 nitrogen and oxygen atoms in total. The number of hydrogen-bond acceptors (Lipinski definition) is 8. The number of amides is 1. The molecule has 0 spiro atoms. The molecule has 0 fully saturated rings. The molecule has 172 valence electrons. The van der Waals surface area contributed by atoms with Gasteiger partial charge >= 0.3 is 10.4 Å². The molecular formula is C21H22N6O5S. The van der Waals surface area contributed by atoms with Crippen molar-refractivity contribution < 1.29 is 22.3 Å². The molecule has 0 bridgehead atoms. The second-order valence-corrected chi connectivity index (χ2v) is 7.34. The van der Waals surface area contributed by atoms with Gasteiger partial charge in [-0.15, -0.1) is 0 Å². The topological polar surface area (TPSA) is 166 Å². The molecule has 0 saturated carbocycles. The zero-order valence-electron chi connectivity index (χ0n) is 17.7.